The van der Waals surface area contributed by atoms with E-state index in [9.17, 15) is 4.79 Å². The summed E-state index contributed by atoms with van der Waals surface area (Å²) in [6.45, 7) is 1.91. The van der Waals surface area contributed by atoms with Crippen LogP contribution in [-0.2, 0) is 4.79 Å². The Morgan fingerprint density at radius 1 is 1.50 bits per heavy atom. The van der Waals surface area contributed by atoms with E-state index >= 15 is 0 Å². The summed E-state index contributed by atoms with van der Waals surface area (Å²) < 4.78 is 4.79. The average molecular weight is 166 g/mol. The van der Waals surface area contributed by atoms with Crippen molar-refractivity contribution in [1.82, 2.24) is 9.97 Å². The third-order valence-electron chi connectivity index (χ3n) is 1.20. The molecule has 0 radical (unpaired) electrons. The second-order valence-corrected chi connectivity index (χ2v) is 2.26. The van der Waals surface area contributed by atoms with Crippen molar-refractivity contribution in [1.29, 1.82) is 0 Å². The monoisotopic (exact) mass is 166 g/mol. The number of rotatable bonds is 3. The van der Waals surface area contributed by atoms with Crippen molar-refractivity contribution in [3.63, 3.8) is 0 Å². The average Bonchev–Trinajstić information content (AvgIpc) is 2.06. The van der Waals surface area contributed by atoms with Crippen molar-refractivity contribution < 1.29 is 9.53 Å². The van der Waals surface area contributed by atoms with Crippen molar-refractivity contribution in [3.05, 3.63) is 18.5 Å². The lowest BCUT2D eigenvalue weighted by Crippen LogP contribution is -2.08. The minimum absolute atomic E-state index is 0.121. The number of hydrogen-bond acceptors (Lipinski definition) is 4. The number of aromatic nitrogens is 2. The lowest BCUT2D eigenvalue weighted by Gasteiger charge is -1.98. The summed E-state index contributed by atoms with van der Waals surface area (Å²) in [6.07, 6.45) is 4.23. The van der Waals surface area contributed by atoms with Gasteiger partial charge in [-0.2, -0.15) is 0 Å². The van der Waals surface area contributed by atoms with Crippen LogP contribution >= 0.6 is 0 Å². The maximum Gasteiger partial charge on any atom is 0.324 e. The summed E-state index contributed by atoms with van der Waals surface area (Å²) in [5.74, 6) is -0.288. The van der Waals surface area contributed by atoms with Gasteiger partial charge in [0.15, 0.2) is 0 Å². The Morgan fingerprint density at radius 3 is 2.75 bits per heavy atom. The van der Waals surface area contributed by atoms with Crippen LogP contribution in [-0.4, -0.2) is 15.9 Å². The van der Waals surface area contributed by atoms with Crippen molar-refractivity contribution in [2.24, 2.45) is 0 Å². The predicted octanol–water partition coefficient (Wildman–Crippen LogP) is 1.18. The molecular weight excluding hydrogens is 156 g/mol. The van der Waals surface area contributed by atoms with E-state index in [4.69, 9.17) is 4.74 Å². The Labute approximate surface area is 70.6 Å². The fourth-order valence-corrected chi connectivity index (χ4v) is 0.695. The molecule has 1 heterocycles. The summed E-state index contributed by atoms with van der Waals surface area (Å²) in [5, 5.41) is 0. The second-order valence-electron chi connectivity index (χ2n) is 2.26. The minimum atomic E-state index is -0.288. The topological polar surface area (TPSA) is 52.1 Å². The summed E-state index contributed by atoms with van der Waals surface area (Å²) in [6, 6.07) is 1.79. The number of carbonyl (C=O) groups is 1. The highest BCUT2D eigenvalue weighted by molar-refractivity contribution is 5.71. The van der Waals surface area contributed by atoms with Crippen molar-refractivity contribution in [2.75, 3.05) is 0 Å². The van der Waals surface area contributed by atoms with Gasteiger partial charge >= 0.3 is 12.0 Å². The van der Waals surface area contributed by atoms with Gasteiger partial charge in [0.2, 0.25) is 0 Å². The molecule has 1 aromatic rings. The van der Waals surface area contributed by atoms with Crippen LogP contribution in [0.25, 0.3) is 0 Å². The van der Waals surface area contributed by atoms with Crippen LogP contribution in [0.3, 0.4) is 0 Å². The van der Waals surface area contributed by atoms with Crippen LogP contribution in [0.1, 0.15) is 19.8 Å². The van der Waals surface area contributed by atoms with Gasteiger partial charge in [-0.05, 0) is 12.5 Å². The molecule has 12 heavy (non-hydrogen) atoms. The molecule has 0 aromatic carbocycles. The van der Waals surface area contributed by atoms with Crippen LogP contribution < -0.4 is 4.74 Å². The van der Waals surface area contributed by atoms with Crippen LogP contribution in [0.2, 0.25) is 0 Å². The van der Waals surface area contributed by atoms with Gasteiger partial charge in [-0.3, -0.25) is 4.79 Å². The zero-order valence-electron chi connectivity index (χ0n) is 6.86. The number of esters is 1. The van der Waals surface area contributed by atoms with E-state index in [1.54, 1.807) is 6.07 Å². The molecular formula is C8H10N2O2. The SMILES string of the molecule is CCCC(=O)Oc1ncccn1. The summed E-state index contributed by atoms with van der Waals surface area (Å²) in [5.41, 5.74) is 0. The smallest absolute Gasteiger partial charge is 0.324 e. The highest BCUT2D eigenvalue weighted by Crippen LogP contribution is 2.00. The normalized spacial score (nSPS) is 9.42. The third-order valence-corrected chi connectivity index (χ3v) is 1.20. The van der Waals surface area contributed by atoms with Gasteiger partial charge in [0.1, 0.15) is 0 Å². The van der Waals surface area contributed by atoms with E-state index < -0.39 is 0 Å². The predicted molar refractivity (Wildman–Crippen MR) is 42.6 cm³/mol. The summed E-state index contributed by atoms with van der Waals surface area (Å²) >= 11 is 0. The molecule has 0 aliphatic carbocycles. The Bertz CT molecular complexity index is 248. The third kappa shape index (κ3) is 2.65. The molecule has 0 N–H and O–H groups in total. The van der Waals surface area contributed by atoms with Gasteiger partial charge in [-0.25, -0.2) is 9.97 Å². The molecule has 0 unspecified atom stereocenters. The van der Waals surface area contributed by atoms with Crippen LogP contribution in [0.15, 0.2) is 18.5 Å². The molecule has 0 fully saturated rings. The molecule has 0 aliphatic rings. The molecule has 0 atom stereocenters. The number of hydrogen-bond donors (Lipinski definition) is 0. The molecule has 0 saturated heterocycles. The molecule has 4 nitrogen and oxygen atoms in total. The second kappa shape index (κ2) is 4.43. The fourth-order valence-electron chi connectivity index (χ4n) is 0.695. The van der Waals surface area contributed by atoms with Crippen molar-refractivity contribution in [2.45, 2.75) is 19.8 Å². The molecule has 0 amide bonds. The molecule has 0 aliphatic heterocycles. The molecule has 0 bridgehead atoms. The van der Waals surface area contributed by atoms with E-state index in [1.807, 2.05) is 6.92 Å². The van der Waals surface area contributed by atoms with Gasteiger partial charge < -0.3 is 4.74 Å². The highest BCUT2D eigenvalue weighted by atomic mass is 16.5. The van der Waals surface area contributed by atoms with Crippen molar-refractivity contribution in [3.8, 4) is 6.01 Å². The molecule has 4 heteroatoms. The Kier molecular flexibility index (Phi) is 3.19. The lowest BCUT2D eigenvalue weighted by molar-refractivity contribution is -0.134. The summed E-state index contributed by atoms with van der Waals surface area (Å²) in [7, 11) is 0. The van der Waals surface area contributed by atoms with E-state index in [-0.39, 0.29) is 12.0 Å². The first-order valence-electron chi connectivity index (χ1n) is 3.80. The first-order valence-corrected chi connectivity index (χ1v) is 3.80. The zero-order valence-corrected chi connectivity index (χ0v) is 6.86. The van der Waals surface area contributed by atoms with Gasteiger partial charge in [-0.1, -0.05) is 6.92 Å². The molecule has 0 saturated carbocycles. The summed E-state index contributed by atoms with van der Waals surface area (Å²) in [4.78, 5) is 18.4. The van der Waals surface area contributed by atoms with Crippen LogP contribution in [0.5, 0.6) is 6.01 Å². The van der Waals surface area contributed by atoms with E-state index in [1.165, 1.54) is 12.4 Å². The lowest BCUT2D eigenvalue weighted by atomic mass is 10.3. The number of carbonyl (C=O) groups excluding carboxylic acids is 1. The maximum atomic E-state index is 10.9. The Morgan fingerprint density at radius 2 is 2.17 bits per heavy atom. The number of ether oxygens (including phenoxy) is 1. The highest BCUT2D eigenvalue weighted by Gasteiger charge is 2.03. The van der Waals surface area contributed by atoms with E-state index in [0.29, 0.717) is 6.42 Å². The van der Waals surface area contributed by atoms with Gasteiger partial charge in [-0.15, -0.1) is 0 Å². The van der Waals surface area contributed by atoms with Gasteiger partial charge in [0, 0.05) is 18.8 Å². The quantitative estimate of drug-likeness (QED) is 0.633. The maximum absolute atomic E-state index is 10.9. The number of nitrogens with zero attached hydrogens (tertiary/aromatic N) is 2. The standard InChI is InChI=1S/C8H10N2O2/c1-2-4-7(11)12-8-9-5-3-6-10-8/h3,5-6H,2,4H2,1H3. The van der Waals surface area contributed by atoms with E-state index in [0.717, 1.165) is 6.42 Å². The van der Waals surface area contributed by atoms with E-state index in [2.05, 4.69) is 9.97 Å². The molecule has 1 rings (SSSR count). The Hall–Kier alpha value is -1.45. The van der Waals surface area contributed by atoms with Crippen molar-refractivity contribution >= 4 is 5.97 Å². The zero-order chi connectivity index (χ0) is 8.81. The van der Waals surface area contributed by atoms with Crippen LogP contribution in [0.4, 0.5) is 0 Å². The molecule has 1 aromatic heterocycles. The van der Waals surface area contributed by atoms with Crippen LogP contribution in [0, 0.1) is 0 Å². The largest absolute Gasteiger partial charge is 0.391 e. The first-order chi connectivity index (χ1) is 5.83. The van der Waals surface area contributed by atoms with Gasteiger partial charge in [0.25, 0.3) is 0 Å². The minimum Gasteiger partial charge on any atom is -0.391 e. The first kappa shape index (κ1) is 8.64. The van der Waals surface area contributed by atoms with Gasteiger partial charge in [0.05, 0.1) is 0 Å². The molecule has 64 valence electrons. The fraction of sp³-hybridized carbons (Fsp3) is 0.375. The molecule has 0 spiro atoms. The Balaban J connectivity index is 2.47.